The molecule has 9 saturated heterocycles. The van der Waals surface area contributed by atoms with Crippen LogP contribution < -0.4 is 102 Å². The number of nitrogens with zero attached hydrogens (tertiary/aromatic N) is 2. The van der Waals surface area contributed by atoms with Gasteiger partial charge in [0.1, 0.15) is 36.5 Å². The van der Waals surface area contributed by atoms with Crippen molar-refractivity contribution in [2.24, 2.45) is 5.73 Å². The predicted octanol–water partition coefficient (Wildman–Crippen LogP) is -7.89. The van der Waals surface area contributed by atoms with Crippen molar-refractivity contribution in [2.45, 2.75) is 102 Å². The molecule has 9 aliphatic rings. The average molecular weight is 1140 g/mol. The summed E-state index contributed by atoms with van der Waals surface area (Å²) in [7, 11) is 1.57. The van der Waals surface area contributed by atoms with Gasteiger partial charge < -0.3 is 68.9 Å². The molecule has 1 atom stereocenters. The van der Waals surface area contributed by atoms with Crippen molar-refractivity contribution in [1.29, 1.82) is 0 Å². The number of rotatable bonds is 3. The van der Waals surface area contributed by atoms with Crippen LogP contribution in [0.4, 0.5) is 43.2 Å². The second-order valence-electron chi connectivity index (χ2n) is 18.8. The van der Waals surface area contributed by atoms with E-state index >= 15 is 0 Å². The highest BCUT2D eigenvalue weighted by Crippen LogP contribution is 2.37. The van der Waals surface area contributed by atoms with Crippen LogP contribution in [-0.2, 0) is 40.1 Å². The van der Waals surface area contributed by atoms with Crippen molar-refractivity contribution in [2.75, 3.05) is 25.9 Å². The Hall–Kier alpha value is -9.83. The van der Waals surface area contributed by atoms with Crippen LogP contribution in [0.3, 0.4) is 0 Å². The maximum atomic E-state index is 11.9. The molecule has 1 aromatic rings. The van der Waals surface area contributed by atoms with Crippen molar-refractivity contribution >= 4 is 107 Å². The highest BCUT2D eigenvalue weighted by Gasteiger charge is 2.55. The van der Waals surface area contributed by atoms with Gasteiger partial charge in [-0.25, -0.2) is 57.7 Å². The molecule has 0 saturated carbocycles. The monoisotopic (exact) mass is 1140 g/mol. The summed E-state index contributed by atoms with van der Waals surface area (Å²) >= 11 is 1.01. The third-order valence-electron chi connectivity index (χ3n) is 10.1. The molecule has 1 unspecified atom stereocenters. The number of hydrogen-bond acceptors (Lipinski definition) is 20. The molecule has 0 bridgehead atoms. The molecule has 10 rings (SSSR count). The van der Waals surface area contributed by atoms with Crippen LogP contribution in [0, 0.1) is 0 Å². The van der Waals surface area contributed by atoms with Crippen molar-refractivity contribution in [3.63, 3.8) is 0 Å². The number of aromatic nitrogens is 3. The smallest absolute Gasteiger partial charge is 0.344 e. The largest absolute Gasteiger partial charge is 0.480 e. The second-order valence-corrected chi connectivity index (χ2v) is 19.7. The number of nitrogens with one attached hydrogen (secondary N) is 18. The number of carbonyl (C=O) groups excluding carboxylic acids is 15. The lowest BCUT2D eigenvalue weighted by atomic mass is 9.71. The Labute approximate surface area is 446 Å². The number of hydrogen-bond donors (Lipinski definition) is 20. The fourth-order valence-corrected chi connectivity index (χ4v) is 8.07. The Morgan fingerprint density at radius 1 is 0.646 bits per heavy atom. The van der Waals surface area contributed by atoms with Crippen molar-refractivity contribution in [1.82, 2.24) is 105 Å². The third-order valence-corrected chi connectivity index (χ3v) is 10.9. The van der Waals surface area contributed by atoms with E-state index in [4.69, 9.17) is 10.8 Å². The number of aliphatic carboxylic acids is 1. The molecule has 41 heteroatoms. The Balaban J connectivity index is 0.000000241. The van der Waals surface area contributed by atoms with Crippen LogP contribution in [0.5, 0.6) is 0 Å². The van der Waals surface area contributed by atoms with E-state index in [9.17, 15) is 86.3 Å². The average Bonchev–Trinajstić information content (AvgIpc) is 4.19. The van der Waals surface area contributed by atoms with Crippen molar-refractivity contribution in [3.8, 4) is 0 Å². The number of thioether (sulfide) groups is 1. The lowest BCUT2D eigenvalue weighted by Crippen LogP contribution is -2.68. The van der Waals surface area contributed by atoms with Gasteiger partial charge in [-0.2, -0.15) is 0 Å². The number of primary amides is 1. The minimum atomic E-state index is -1.19. The number of fused-ring (bicyclic) bond motifs is 1. The molecule has 79 heavy (non-hydrogen) atoms. The minimum absolute atomic E-state index is 0.124. The summed E-state index contributed by atoms with van der Waals surface area (Å²) in [5.74, 6) is -2.65. The number of urea groups is 8. The highest BCUT2D eigenvalue weighted by atomic mass is 32.2. The molecular weight excluding hydrogens is 1090 g/mol. The number of likely N-dealkylation sites (N-methyl/N-ethyl adjacent to an activating group) is 1. The van der Waals surface area contributed by atoms with E-state index in [0.717, 1.165) is 11.8 Å². The van der Waals surface area contributed by atoms with Gasteiger partial charge in [-0.05, 0) is 54.4 Å². The van der Waals surface area contributed by atoms with E-state index in [1.807, 2.05) is 53.7 Å². The molecule has 40 nitrogen and oxygen atoms in total. The second kappa shape index (κ2) is 26.3. The number of imide groups is 6. The summed E-state index contributed by atoms with van der Waals surface area (Å²) in [4.78, 5) is 192. The molecule has 1 spiro atoms. The van der Waals surface area contributed by atoms with E-state index in [1.54, 1.807) is 20.9 Å². The quantitative estimate of drug-likeness (QED) is 0.125. The molecule has 0 aromatic carbocycles. The minimum Gasteiger partial charge on any atom is -0.480 e. The van der Waals surface area contributed by atoms with Gasteiger partial charge in [0.2, 0.25) is 17.7 Å². The highest BCUT2D eigenvalue weighted by molar-refractivity contribution is 8.14. The maximum Gasteiger partial charge on any atom is 0.344 e. The topological polar surface area (TPSA) is 586 Å². The molecule has 23 amide bonds. The first kappa shape index (κ1) is 63.5. The number of H-pyrrole nitrogens is 2. The van der Waals surface area contributed by atoms with Gasteiger partial charge in [-0.1, -0.05) is 11.8 Å². The maximum absolute atomic E-state index is 11.9. The Bertz CT molecular complexity index is 2690. The molecule has 10 heterocycles. The standard InChI is InChI=1S/C11H19N3O2.C5H8N2O2.C4H6N4O3.C4H6N4O2.C4H5N3O4.C4H6N2O2.C3H4N2O2.C3H3NO2S/c1-9(2)5-11(6-10(3,4)14-9)7(15)12-8(16)13-11;1-5(2)3(8)6-4(9)7-5;5-3(10)6-1-2(9)8-4(11)7-1;9-3-5-1-2(7-3)8-4(10)6-1;8-2(9)1-7-4(11)5-3(10)6-7;1-6-2-3(7)5-4(6)8;6-2-1-4-3(7)5-2;5-2-1-7-3(6)4-2/h14H,5-6H2,1-4H3,(H2,12,13,15,16);1-2H3,(H2,6,7,8,9);1H,(H3,5,6,10)(H2,7,8,9,11);1-2H,(H2,5,7,9)(H2,6,8,10);1H2,(H,8,9)(H2,5,6,10,11);2H2,1H3,(H,5,7,8);1H2,(H2,4,5,6,7);1H2,(H,4,5,6). The van der Waals surface area contributed by atoms with E-state index in [1.165, 1.54) is 4.90 Å². The van der Waals surface area contributed by atoms with Gasteiger partial charge in [0, 0.05) is 18.1 Å². The van der Waals surface area contributed by atoms with Crippen molar-refractivity contribution in [3.05, 3.63) is 21.0 Å². The molecule has 0 radical (unpaired) electrons. The normalized spacial score (nSPS) is 23.1. The molecule has 21 N–H and O–H groups in total. The van der Waals surface area contributed by atoms with Crippen LogP contribution in [-0.4, -0.2) is 186 Å². The van der Waals surface area contributed by atoms with Gasteiger partial charge in [0.15, 0.2) is 6.17 Å². The van der Waals surface area contributed by atoms with Gasteiger partial charge in [0.05, 0.1) is 12.3 Å². The number of nitrogens with two attached hydrogens (primary N) is 1. The number of carboxylic acids is 1. The zero-order chi connectivity index (χ0) is 60.0. The Kier molecular flexibility index (Phi) is 21.1. The lowest BCUT2D eigenvalue weighted by Gasteiger charge is -2.50. The number of aromatic amines is 2. The van der Waals surface area contributed by atoms with Crippen LogP contribution >= 0.6 is 11.8 Å². The fraction of sp³-hybridized carbons (Fsp3) is 0.526. The van der Waals surface area contributed by atoms with Crippen LogP contribution in [0.1, 0.15) is 54.4 Å². The van der Waals surface area contributed by atoms with Gasteiger partial charge in [-0.3, -0.25) is 75.2 Å². The number of carbonyl (C=O) groups is 16. The van der Waals surface area contributed by atoms with Crippen LogP contribution in [0.25, 0.3) is 0 Å². The van der Waals surface area contributed by atoms with Crippen LogP contribution in [0.15, 0.2) is 9.59 Å². The van der Waals surface area contributed by atoms with Gasteiger partial charge >= 0.3 is 65.6 Å². The van der Waals surface area contributed by atoms with Gasteiger partial charge in [0.25, 0.3) is 23.0 Å². The molecule has 1 aromatic heterocycles. The third kappa shape index (κ3) is 20.7. The van der Waals surface area contributed by atoms with E-state index in [-0.39, 0.29) is 95.4 Å². The number of carboxylic acid groups (broad SMARTS) is 1. The molecule has 434 valence electrons. The van der Waals surface area contributed by atoms with E-state index < -0.39 is 71.2 Å². The van der Waals surface area contributed by atoms with Gasteiger partial charge in [-0.15, -0.1) is 0 Å². The Morgan fingerprint density at radius 3 is 1.46 bits per heavy atom. The summed E-state index contributed by atoms with van der Waals surface area (Å²) in [6.45, 7) is 11.3. The Morgan fingerprint density at radius 2 is 1.19 bits per heavy atom. The zero-order valence-electron chi connectivity index (χ0n) is 42.7. The molecule has 9 fully saturated rings. The SMILES string of the molecule is CC1(C)CC2(CC(C)(C)N1)NC(=O)NC2=O.CC1(C)NC(=O)NC1=O.CN1CC(=O)NC1=O.NC(=O)NC1NC(=O)NC1=O.O=C(O)Cn1[nH]c(=O)[nH]c1=O.O=C1CNC(=O)N1.O=C1CSC(=O)N1.O=C1NC2NC(=O)NC2N1. The summed E-state index contributed by atoms with van der Waals surface area (Å²) in [6.07, 6.45) is -0.401. The zero-order valence-corrected chi connectivity index (χ0v) is 43.5. The first-order chi connectivity index (χ1) is 36.4. The first-order valence-corrected chi connectivity index (χ1v) is 23.5. The van der Waals surface area contributed by atoms with Crippen LogP contribution in [0.2, 0.25) is 0 Å². The summed E-state index contributed by atoms with van der Waals surface area (Å²) in [5.41, 5.74) is 1.43. The molecule has 9 aliphatic heterocycles. The fourth-order valence-electron chi connectivity index (χ4n) is 7.55. The summed E-state index contributed by atoms with van der Waals surface area (Å²) in [5, 5.41) is 47.7. The molecule has 0 aliphatic carbocycles. The molecular formula is C38H57N21O19S. The lowest BCUT2D eigenvalue weighted by molar-refractivity contribution is -0.138. The predicted molar refractivity (Wildman–Crippen MR) is 262 cm³/mol. The first-order valence-electron chi connectivity index (χ1n) is 22.5. The van der Waals surface area contributed by atoms with Crippen molar-refractivity contribution < 1.29 is 81.8 Å². The number of amides is 23. The van der Waals surface area contributed by atoms with E-state index in [2.05, 4.69) is 69.1 Å². The summed E-state index contributed by atoms with van der Waals surface area (Å²) in [6, 6.07) is -3.53. The number of piperidine rings is 1. The summed E-state index contributed by atoms with van der Waals surface area (Å²) < 4.78 is 0.671. The van der Waals surface area contributed by atoms with E-state index in [0.29, 0.717) is 23.3 Å².